The van der Waals surface area contributed by atoms with E-state index in [0.717, 1.165) is 18.5 Å². The minimum absolute atomic E-state index is 0.00466. The normalized spacial score (nSPS) is 18.3. The molecule has 4 nitrogen and oxygen atoms in total. The Morgan fingerprint density at radius 3 is 2.67 bits per heavy atom. The van der Waals surface area contributed by atoms with Crippen molar-refractivity contribution in [1.29, 1.82) is 0 Å². The second-order valence-electron chi connectivity index (χ2n) is 6.64. The highest BCUT2D eigenvalue weighted by Gasteiger charge is 2.28. The van der Waals surface area contributed by atoms with E-state index in [4.69, 9.17) is 0 Å². The number of benzene rings is 2. The van der Waals surface area contributed by atoms with Crippen LogP contribution in [0, 0.1) is 5.82 Å². The van der Waals surface area contributed by atoms with Crippen LogP contribution < -0.4 is 0 Å². The molecule has 2 heterocycles. The van der Waals surface area contributed by atoms with E-state index in [9.17, 15) is 12.8 Å². The van der Waals surface area contributed by atoms with E-state index >= 15 is 0 Å². The second kappa shape index (κ2) is 6.89. The first-order valence-electron chi connectivity index (χ1n) is 8.55. The van der Waals surface area contributed by atoms with E-state index in [1.165, 1.54) is 22.2 Å². The lowest BCUT2D eigenvalue weighted by atomic mass is 9.99. The minimum atomic E-state index is -3.83. The van der Waals surface area contributed by atoms with Crippen molar-refractivity contribution in [3.05, 3.63) is 76.7 Å². The zero-order valence-electron chi connectivity index (χ0n) is 14.6. The monoisotopic (exact) mass is 448 g/mol. The van der Waals surface area contributed by atoms with Crippen molar-refractivity contribution < 1.29 is 12.8 Å². The van der Waals surface area contributed by atoms with Crippen LogP contribution in [0.1, 0.15) is 18.0 Å². The molecule has 0 amide bonds. The molecule has 1 unspecified atom stereocenters. The van der Waals surface area contributed by atoms with Crippen molar-refractivity contribution in [3.8, 4) is 0 Å². The van der Waals surface area contributed by atoms with Crippen LogP contribution in [0.3, 0.4) is 0 Å². The zero-order valence-corrected chi connectivity index (χ0v) is 17.0. The number of likely N-dealkylation sites (N-methyl/N-ethyl adjacent to an activating group) is 1. The number of fused-ring (bicyclic) bond motifs is 1. The number of hydrogen-bond donors (Lipinski definition) is 0. The molecule has 0 N–H and O–H groups in total. The lowest BCUT2D eigenvalue weighted by molar-refractivity contribution is 0.262. The minimum Gasteiger partial charge on any atom is -0.295 e. The van der Waals surface area contributed by atoms with Crippen LogP contribution in [-0.4, -0.2) is 30.9 Å². The number of rotatable bonds is 3. The smallest absolute Gasteiger partial charge is 0.269 e. The Morgan fingerprint density at radius 1 is 1.15 bits per heavy atom. The number of halogens is 2. The summed E-state index contributed by atoms with van der Waals surface area (Å²) < 4.78 is 42.4. The van der Waals surface area contributed by atoms with Crippen LogP contribution in [-0.2, 0) is 10.0 Å². The molecule has 27 heavy (non-hydrogen) atoms. The van der Waals surface area contributed by atoms with Crippen molar-refractivity contribution in [2.24, 2.45) is 0 Å². The largest absolute Gasteiger partial charge is 0.295 e. The topological polar surface area (TPSA) is 42.3 Å². The van der Waals surface area contributed by atoms with E-state index in [0.29, 0.717) is 15.4 Å². The molecule has 4 rings (SSSR count). The van der Waals surface area contributed by atoms with Gasteiger partial charge in [-0.25, -0.2) is 16.8 Å². The van der Waals surface area contributed by atoms with Crippen LogP contribution in [0.4, 0.5) is 4.39 Å². The Morgan fingerprint density at radius 2 is 1.93 bits per heavy atom. The van der Waals surface area contributed by atoms with E-state index in [-0.39, 0.29) is 16.8 Å². The van der Waals surface area contributed by atoms with Gasteiger partial charge in [0.05, 0.1) is 5.52 Å². The summed E-state index contributed by atoms with van der Waals surface area (Å²) in [4.78, 5) is 2.31. The molecule has 1 atom stereocenters. The number of nitrogens with zero attached hydrogens (tertiary/aromatic N) is 2. The maximum atomic E-state index is 14.0. The molecule has 0 aliphatic carbocycles. The van der Waals surface area contributed by atoms with E-state index < -0.39 is 10.0 Å². The molecule has 0 bridgehead atoms. The molecule has 7 heteroatoms. The van der Waals surface area contributed by atoms with Gasteiger partial charge in [-0.1, -0.05) is 24.3 Å². The molecule has 0 fully saturated rings. The first-order chi connectivity index (χ1) is 12.9. The van der Waals surface area contributed by atoms with Crippen LogP contribution in [0.5, 0.6) is 0 Å². The fraction of sp³-hybridized carbons (Fsp3) is 0.200. The van der Waals surface area contributed by atoms with Gasteiger partial charge in [-0.05, 0) is 65.3 Å². The van der Waals surface area contributed by atoms with Gasteiger partial charge in [0.25, 0.3) is 10.0 Å². The quantitative estimate of drug-likeness (QED) is 0.544. The van der Waals surface area contributed by atoms with Gasteiger partial charge in [-0.15, -0.1) is 0 Å². The molecule has 0 saturated carbocycles. The van der Waals surface area contributed by atoms with Gasteiger partial charge in [0, 0.05) is 28.6 Å². The molecule has 1 aromatic heterocycles. The Labute approximate surface area is 166 Å². The Kier molecular flexibility index (Phi) is 4.70. The number of aromatic nitrogens is 1. The average molecular weight is 449 g/mol. The van der Waals surface area contributed by atoms with Crippen molar-refractivity contribution >= 4 is 36.9 Å². The maximum absolute atomic E-state index is 14.0. The summed E-state index contributed by atoms with van der Waals surface area (Å²) in [5.74, 6) is -0.381. The molecule has 1 aliphatic rings. The first kappa shape index (κ1) is 18.4. The van der Waals surface area contributed by atoms with Crippen LogP contribution >= 0.6 is 15.9 Å². The predicted molar refractivity (Wildman–Crippen MR) is 108 cm³/mol. The van der Waals surface area contributed by atoms with Crippen LogP contribution in [0.2, 0.25) is 0 Å². The summed E-state index contributed by atoms with van der Waals surface area (Å²) in [6, 6.07) is 10.9. The Hall–Kier alpha value is -1.96. The van der Waals surface area contributed by atoms with Gasteiger partial charge in [0.2, 0.25) is 0 Å². The Balaban J connectivity index is 1.97. The van der Waals surface area contributed by atoms with Gasteiger partial charge < -0.3 is 0 Å². The van der Waals surface area contributed by atoms with Crippen molar-refractivity contribution in [3.63, 3.8) is 0 Å². The summed E-state index contributed by atoms with van der Waals surface area (Å²) in [6.07, 6.45) is 6.55. The highest BCUT2D eigenvalue weighted by molar-refractivity contribution is 9.10. The van der Waals surface area contributed by atoms with Gasteiger partial charge in [-0.3, -0.25) is 4.90 Å². The molecule has 0 saturated heterocycles. The standard InChI is InChI=1S/C20H18BrFN2O2S/c1-23-11-5-4-7-18(23)16-13-24(19-10-9-14(22)12-15(16)19)27(25,26)20-8-3-2-6-17(20)21/h2-6,8-10,12-13,18H,7,11H2,1H3. The second-order valence-corrected chi connectivity index (χ2v) is 9.28. The third-order valence-electron chi connectivity index (χ3n) is 4.95. The van der Waals surface area contributed by atoms with Gasteiger partial charge in [-0.2, -0.15) is 0 Å². The van der Waals surface area contributed by atoms with Gasteiger partial charge in [0.15, 0.2) is 0 Å². The molecule has 0 radical (unpaired) electrons. The summed E-state index contributed by atoms with van der Waals surface area (Å²) in [5.41, 5.74) is 1.29. The molecule has 140 valence electrons. The average Bonchev–Trinajstić information content (AvgIpc) is 3.01. The highest BCUT2D eigenvalue weighted by atomic mass is 79.9. The summed E-state index contributed by atoms with van der Waals surface area (Å²) in [6.45, 7) is 0.767. The third kappa shape index (κ3) is 3.13. The lowest BCUT2D eigenvalue weighted by Gasteiger charge is -2.29. The molecule has 1 aliphatic heterocycles. The fourth-order valence-corrected chi connectivity index (χ4v) is 5.90. The molecular weight excluding hydrogens is 431 g/mol. The van der Waals surface area contributed by atoms with Crippen LogP contribution in [0.25, 0.3) is 10.9 Å². The number of hydrogen-bond acceptors (Lipinski definition) is 3. The predicted octanol–water partition coefficient (Wildman–Crippen LogP) is 4.71. The highest BCUT2D eigenvalue weighted by Crippen LogP contribution is 2.36. The van der Waals surface area contributed by atoms with Crippen molar-refractivity contribution in [2.45, 2.75) is 17.4 Å². The first-order valence-corrected chi connectivity index (χ1v) is 10.8. The summed E-state index contributed by atoms with van der Waals surface area (Å²) in [5, 5.41) is 0.623. The van der Waals surface area contributed by atoms with E-state index in [2.05, 4.69) is 33.0 Å². The van der Waals surface area contributed by atoms with E-state index in [1.54, 1.807) is 30.5 Å². The molecule has 0 spiro atoms. The van der Waals surface area contributed by atoms with Crippen LogP contribution in [0.15, 0.2) is 70.2 Å². The Bertz CT molecular complexity index is 1150. The zero-order chi connectivity index (χ0) is 19.2. The van der Waals surface area contributed by atoms with E-state index in [1.807, 2.05) is 7.05 Å². The third-order valence-corrected chi connectivity index (χ3v) is 7.63. The SMILES string of the molecule is CN1CC=CCC1c1cn(S(=O)(=O)c2ccccc2Br)c2ccc(F)cc12. The molecule has 3 aromatic rings. The molecular formula is C20H18BrFN2O2S. The molecule has 2 aromatic carbocycles. The van der Waals surface area contributed by atoms with Gasteiger partial charge >= 0.3 is 0 Å². The van der Waals surface area contributed by atoms with Gasteiger partial charge in [0.1, 0.15) is 10.7 Å². The fourth-order valence-electron chi connectivity index (χ4n) is 3.56. The van der Waals surface area contributed by atoms with Crippen molar-refractivity contribution in [2.75, 3.05) is 13.6 Å². The summed E-state index contributed by atoms with van der Waals surface area (Å²) >= 11 is 3.33. The van der Waals surface area contributed by atoms with Crippen molar-refractivity contribution in [1.82, 2.24) is 8.87 Å². The lowest BCUT2D eigenvalue weighted by Crippen LogP contribution is -2.26. The maximum Gasteiger partial charge on any atom is 0.269 e. The summed E-state index contributed by atoms with van der Waals surface area (Å²) in [7, 11) is -1.85.